The van der Waals surface area contributed by atoms with Crippen LogP contribution in [-0.4, -0.2) is 11.8 Å². The third-order valence-corrected chi connectivity index (χ3v) is 10.3. The Morgan fingerprint density at radius 1 is 0.867 bits per heavy atom. The molecule has 4 aliphatic rings. The number of hydrogen-bond donors (Lipinski definition) is 0. The van der Waals surface area contributed by atoms with Crippen molar-refractivity contribution >= 4 is 6.16 Å². The van der Waals surface area contributed by atoms with Crippen LogP contribution in [0.4, 0.5) is 4.79 Å². The molecule has 4 bridgehead atoms. The molecule has 0 aliphatic heterocycles. The van der Waals surface area contributed by atoms with E-state index in [0.717, 1.165) is 17.8 Å². The number of benzene rings is 2. The van der Waals surface area contributed by atoms with Gasteiger partial charge in [0.05, 0.1) is 0 Å². The maximum atomic E-state index is 12.7. The summed E-state index contributed by atoms with van der Waals surface area (Å²) in [5, 5.41) is 0. The molecule has 0 N–H and O–H groups in total. The molecule has 2 aromatic rings. The van der Waals surface area contributed by atoms with E-state index in [1.807, 2.05) is 18.2 Å². The number of hydrogen-bond acceptors (Lipinski definition) is 3. The normalized spacial score (nSPS) is 29.7. The summed E-state index contributed by atoms with van der Waals surface area (Å²) in [4.78, 5) is 12.7. The van der Waals surface area contributed by atoms with Crippen molar-refractivity contribution in [3.8, 4) is 5.75 Å². The Morgan fingerprint density at radius 3 is 1.97 bits per heavy atom. The first-order chi connectivity index (χ1) is 14.4. The first kappa shape index (κ1) is 20.3. The molecule has 0 unspecified atom stereocenters. The molecule has 6 rings (SSSR count). The van der Waals surface area contributed by atoms with E-state index >= 15 is 0 Å². The molecule has 0 atom stereocenters. The molecule has 4 fully saturated rings. The van der Waals surface area contributed by atoms with E-state index in [9.17, 15) is 4.79 Å². The molecular weight excluding hydrogens is 487 g/mol. The molecule has 160 valence electrons. The van der Waals surface area contributed by atoms with Crippen LogP contribution in [-0.2, 0) is 4.74 Å². The van der Waals surface area contributed by atoms with Gasteiger partial charge in [-0.2, -0.15) is 0 Å². The average Bonchev–Trinajstić information content (AvgIpc) is 2.69. The average molecular weight is 517 g/mol. The summed E-state index contributed by atoms with van der Waals surface area (Å²) in [6.07, 6.45) is 7.21. The van der Waals surface area contributed by atoms with Crippen LogP contribution < -0.4 is 25.9 Å². The van der Waals surface area contributed by atoms with E-state index in [0.29, 0.717) is 5.75 Å². The van der Waals surface area contributed by atoms with Crippen molar-refractivity contribution in [2.75, 3.05) is 0 Å². The van der Waals surface area contributed by atoms with Gasteiger partial charge in [0.2, 0.25) is 0 Å². The predicted octanol–water partition coefficient (Wildman–Crippen LogP) is 3.33. The van der Waals surface area contributed by atoms with Crippen LogP contribution in [0.15, 0.2) is 54.6 Å². The summed E-state index contributed by atoms with van der Waals surface area (Å²) < 4.78 is 14.2. The van der Waals surface area contributed by atoms with Crippen molar-refractivity contribution in [3.63, 3.8) is 0 Å². The van der Waals surface area contributed by atoms with E-state index in [1.54, 1.807) is 0 Å². The third-order valence-electron chi connectivity index (χ3n) is 7.62. The van der Waals surface area contributed by atoms with Crippen LogP contribution in [0.1, 0.15) is 52.4 Å². The van der Waals surface area contributed by atoms with Crippen molar-refractivity contribution in [2.24, 2.45) is 23.2 Å². The molecule has 0 saturated heterocycles. The van der Waals surface area contributed by atoms with Gasteiger partial charge in [-0.25, -0.2) is 0 Å². The fraction of sp³-hybridized carbons (Fsp3) is 0.500. The van der Waals surface area contributed by atoms with Crippen molar-refractivity contribution in [2.45, 2.75) is 58.0 Å². The fourth-order valence-electron chi connectivity index (χ4n) is 6.45. The Bertz CT molecular complexity index is 868. The fourth-order valence-corrected chi connectivity index (χ4v) is 8.66. The topological polar surface area (TPSA) is 35.5 Å². The van der Waals surface area contributed by atoms with Crippen molar-refractivity contribution in [1.29, 1.82) is 0 Å². The van der Waals surface area contributed by atoms with Gasteiger partial charge < -0.3 is 0 Å². The molecule has 0 aromatic heterocycles. The second-order valence-corrected chi connectivity index (χ2v) is 13.0. The Balaban J connectivity index is 1.21. The second-order valence-electron chi connectivity index (χ2n) is 10.0. The number of carbonyl (C=O) groups is 1. The maximum absolute atomic E-state index is 12.7. The Hall–Kier alpha value is -1.56. The summed E-state index contributed by atoms with van der Waals surface area (Å²) >= 11 is -0.217. The van der Waals surface area contributed by atoms with E-state index < -0.39 is 11.8 Å². The SMILES string of the molecule is CC(C)(OC(=O)Oc1ccc([I-]c2ccccc2)cc1)C12CC3CC(CC(C3)C1)C2. The minimum atomic E-state index is -0.568. The van der Waals surface area contributed by atoms with Gasteiger partial charge >= 0.3 is 190 Å². The van der Waals surface area contributed by atoms with Gasteiger partial charge in [0, 0.05) is 0 Å². The van der Waals surface area contributed by atoms with Crippen molar-refractivity contribution < 1.29 is 35.5 Å². The Labute approximate surface area is 189 Å². The molecule has 0 amide bonds. The zero-order valence-electron chi connectivity index (χ0n) is 17.8. The number of rotatable bonds is 5. The van der Waals surface area contributed by atoms with Gasteiger partial charge in [0.15, 0.2) is 0 Å². The third kappa shape index (κ3) is 4.00. The molecule has 2 aromatic carbocycles. The van der Waals surface area contributed by atoms with Crippen LogP contribution >= 0.6 is 0 Å². The quantitative estimate of drug-likeness (QED) is 0.347. The first-order valence-electron chi connectivity index (χ1n) is 11.1. The number of halogens is 1. The minimum absolute atomic E-state index is 0.130. The van der Waals surface area contributed by atoms with Gasteiger partial charge in [0.1, 0.15) is 0 Å². The van der Waals surface area contributed by atoms with Gasteiger partial charge in [0.25, 0.3) is 0 Å². The zero-order chi connectivity index (χ0) is 20.8. The number of carbonyl (C=O) groups excluding carboxylic acids is 1. The Kier molecular flexibility index (Phi) is 5.32. The molecule has 0 heterocycles. The van der Waals surface area contributed by atoms with E-state index in [4.69, 9.17) is 9.47 Å². The van der Waals surface area contributed by atoms with Gasteiger partial charge in [-0.3, -0.25) is 0 Å². The molecule has 0 radical (unpaired) electrons. The summed E-state index contributed by atoms with van der Waals surface area (Å²) in [6.45, 7) is 4.21. The van der Waals surface area contributed by atoms with Crippen LogP contribution in [0, 0.1) is 30.3 Å². The van der Waals surface area contributed by atoms with Crippen LogP contribution in [0.3, 0.4) is 0 Å². The summed E-state index contributed by atoms with van der Waals surface area (Å²) in [6, 6.07) is 18.4. The first-order valence-corrected chi connectivity index (χ1v) is 13.3. The Morgan fingerprint density at radius 2 is 1.40 bits per heavy atom. The monoisotopic (exact) mass is 517 g/mol. The van der Waals surface area contributed by atoms with Crippen molar-refractivity contribution in [3.05, 3.63) is 61.7 Å². The van der Waals surface area contributed by atoms with Gasteiger partial charge in [-0.1, -0.05) is 0 Å². The molecule has 30 heavy (non-hydrogen) atoms. The molecule has 4 aliphatic carbocycles. The molecule has 4 saturated carbocycles. The van der Waals surface area contributed by atoms with Crippen LogP contribution in [0.2, 0.25) is 0 Å². The zero-order valence-corrected chi connectivity index (χ0v) is 19.9. The standard InChI is InChI=1S/C26H30IO3/c1-25(2,26-15-18-12-19(16-26)14-20(13-18)17-26)30-24(28)29-23-10-8-22(9-11-23)27-21-6-4-3-5-7-21/h3-11,18-20H,12-17H2,1-2H3/q-1. The van der Waals surface area contributed by atoms with Gasteiger partial charge in [-0.15, -0.1) is 0 Å². The van der Waals surface area contributed by atoms with Crippen LogP contribution in [0.5, 0.6) is 5.75 Å². The summed E-state index contributed by atoms with van der Waals surface area (Å²) in [5.41, 5.74) is -0.358. The number of ether oxygens (including phenoxy) is 2. The van der Waals surface area contributed by atoms with Crippen LogP contribution in [0.25, 0.3) is 0 Å². The second kappa shape index (κ2) is 7.85. The van der Waals surface area contributed by atoms with E-state index in [2.05, 4.69) is 50.2 Å². The van der Waals surface area contributed by atoms with E-state index in [1.165, 1.54) is 45.7 Å². The summed E-state index contributed by atoms with van der Waals surface area (Å²) in [5.74, 6) is 3.05. The predicted molar refractivity (Wildman–Crippen MR) is 112 cm³/mol. The van der Waals surface area contributed by atoms with Crippen molar-refractivity contribution in [1.82, 2.24) is 0 Å². The summed E-state index contributed by atoms with van der Waals surface area (Å²) in [7, 11) is 0. The molecular formula is C26H30IO3-. The van der Waals surface area contributed by atoms with Gasteiger partial charge in [-0.05, 0) is 0 Å². The molecule has 0 spiro atoms. The molecule has 3 nitrogen and oxygen atoms in total. The molecule has 4 heteroatoms. The van der Waals surface area contributed by atoms with E-state index in [-0.39, 0.29) is 26.6 Å².